The van der Waals surface area contributed by atoms with Crippen LogP contribution < -0.4 is 5.32 Å². The number of halogens is 4. The van der Waals surface area contributed by atoms with Crippen LogP contribution in [0.4, 0.5) is 5.82 Å². The van der Waals surface area contributed by atoms with Crippen molar-refractivity contribution in [1.82, 2.24) is 19.6 Å². The van der Waals surface area contributed by atoms with Crippen molar-refractivity contribution in [2.24, 2.45) is 0 Å². The van der Waals surface area contributed by atoms with Gasteiger partial charge in [-0.1, -0.05) is 40.9 Å². The lowest BCUT2D eigenvalue weighted by molar-refractivity contribution is -0.117. The van der Waals surface area contributed by atoms with E-state index in [0.29, 0.717) is 27.4 Å². The van der Waals surface area contributed by atoms with Crippen molar-refractivity contribution in [3.05, 3.63) is 60.9 Å². The second-order valence-corrected chi connectivity index (χ2v) is 7.98. The summed E-state index contributed by atoms with van der Waals surface area (Å²) in [5, 5.41) is 12.7. The lowest BCUT2D eigenvalue weighted by Gasteiger charge is -2.05. The summed E-state index contributed by atoms with van der Waals surface area (Å²) in [7, 11) is 0. The standard InChI is InChI=1S/C17H15BrCl3N5O/c1-9-16(18)10(2)26(23-9)8-15(27)22-17-14(21)7-25(24-17)6-11-3-4-12(19)13(20)5-11/h3-5,7H,6,8H2,1-2H3,(H,22,24,27). The second-order valence-electron chi connectivity index (χ2n) is 5.96. The minimum absolute atomic E-state index is 0.0637. The number of hydrogen-bond donors (Lipinski definition) is 1. The maximum atomic E-state index is 12.3. The monoisotopic (exact) mass is 489 g/mol. The van der Waals surface area contributed by atoms with E-state index in [2.05, 4.69) is 31.4 Å². The summed E-state index contributed by atoms with van der Waals surface area (Å²) in [5.74, 6) is 0.0251. The largest absolute Gasteiger partial charge is 0.306 e. The number of amides is 1. The molecule has 3 aromatic rings. The summed E-state index contributed by atoms with van der Waals surface area (Å²) in [6.07, 6.45) is 1.64. The molecular formula is C17H15BrCl3N5O. The highest BCUT2D eigenvalue weighted by atomic mass is 79.9. The lowest BCUT2D eigenvalue weighted by atomic mass is 10.2. The molecule has 0 aliphatic rings. The summed E-state index contributed by atoms with van der Waals surface area (Å²) >= 11 is 21.6. The predicted molar refractivity (Wildman–Crippen MR) is 111 cm³/mol. The zero-order valence-electron chi connectivity index (χ0n) is 14.4. The van der Waals surface area contributed by atoms with Crippen LogP contribution in [0, 0.1) is 13.8 Å². The van der Waals surface area contributed by atoms with Crippen LogP contribution in [-0.4, -0.2) is 25.5 Å². The van der Waals surface area contributed by atoms with Crippen LogP contribution in [0.5, 0.6) is 0 Å². The van der Waals surface area contributed by atoms with Crippen molar-refractivity contribution >= 4 is 62.5 Å². The average Bonchev–Trinajstić information content (AvgIpc) is 3.05. The molecule has 10 heteroatoms. The zero-order valence-corrected chi connectivity index (χ0v) is 18.3. The van der Waals surface area contributed by atoms with Crippen LogP contribution in [0.25, 0.3) is 0 Å². The third kappa shape index (κ3) is 4.66. The number of carbonyl (C=O) groups is 1. The minimum Gasteiger partial charge on any atom is -0.306 e. The Bertz CT molecular complexity index is 1010. The van der Waals surface area contributed by atoms with Crippen LogP contribution in [0.1, 0.15) is 17.0 Å². The topological polar surface area (TPSA) is 64.7 Å². The Morgan fingerprint density at radius 3 is 2.52 bits per heavy atom. The quantitative estimate of drug-likeness (QED) is 0.540. The Hall–Kier alpha value is -1.54. The van der Waals surface area contributed by atoms with Crippen molar-refractivity contribution in [3.63, 3.8) is 0 Å². The highest BCUT2D eigenvalue weighted by Crippen LogP contribution is 2.25. The smallest absolute Gasteiger partial charge is 0.247 e. The number of nitrogens with zero attached hydrogens (tertiary/aromatic N) is 4. The summed E-state index contributed by atoms with van der Waals surface area (Å²) in [6, 6.07) is 5.33. The van der Waals surface area contributed by atoms with Gasteiger partial charge in [-0.2, -0.15) is 10.2 Å². The molecule has 27 heavy (non-hydrogen) atoms. The van der Waals surface area contributed by atoms with Crippen molar-refractivity contribution in [1.29, 1.82) is 0 Å². The van der Waals surface area contributed by atoms with E-state index in [4.69, 9.17) is 34.8 Å². The Morgan fingerprint density at radius 2 is 1.89 bits per heavy atom. The van der Waals surface area contributed by atoms with Gasteiger partial charge >= 0.3 is 0 Å². The molecule has 0 unspecified atom stereocenters. The van der Waals surface area contributed by atoms with Gasteiger partial charge in [-0.15, -0.1) is 0 Å². The SMILES string of the molecule is Cc1nn(CC(=O)Nc2nn(Cc3ccc(Cl)c(Cl)c3)cc2Cl)c(C)c1Br. The molecule has 6 nitrogen and oxygen atoms in total. The first kappa shape index (κ1) is 20.2. The van der Waals surface area contributed by atoms with Gasteiger partial charge in [0.05, 0.1) is 32.5 Å². The van der Waals surface area contributed by atoms with E-state index in [0.717, 1.165) is 21.4 Å². The van der Waals surface area contributed by atoms with E-state index < -0.39 is 0 Å². The van der Waals surface area contributed by atoms with Crippen LogP contribution in [0.2, 0.25) is 15.1 Å². The Labute approximate surface area is 179 Å². The second kappa shape index (κ2) is 8.22. The van der Waals surface area contributed by atoms with Gasteiger partial charge in [0.1, 0.15) is 11.6 Å². The summed E-state index contributed by atoms with van der Waals surface area (Å²) in [5.41, 5.74) is 2.61. The Balaban J connectivity index is 1.69. The number of hydrogen-bond acceptors (Lipinski definition) is 3. The highest BCUT2D eigenvalue weighted by molar-refractivity contribution is 9.10. The van der Waals surface area contributed by atoms with Crippen molar-refractivity contribution in [2.75, 3.05) is 5.32 Å². The number of nitrogens with one attached hydrogen (secondary N) is 1. The van der Waals surface area contributed by atoms with E-state index >= 15 is 0 Å². The first-order chi connectivity index (χ1) is 12.7. The number of carbonyl (C=O) groups excluding carboxylic acids is 1. The van der Waals surface area contributed by atoms with Gasteiger partial charge in [0.15, 0.2) is 5.82 Å². The maximum absolute atomic E-state index is 12.3. The average molecular weight is 492 g/mol. The number of aromatic nitrogens is 4. The normalized spacial score (nSPS) is 11.0. The fourth-order valence-electron chi connectivity index (χ4n) is 2.52. The number of rotatable bonds is 5. The summed E-state index contributed by atoms with van der Waals surface area (Å²) in [4.78, 5) is 12.3. The van der Waals surface area contributed by atoms with E-state index in [-0.39, 0.29) is 12.5 Å². The molecule has 2 aromatic heterocycles. The summed E-state index contributed by atoms with van der Waals surface area (Å²) < 4.78 is 4.13. The maximum Gasteiger partial charge on any atom is 0.247 e. The molecule has 0 atom stereocenters. The lowest BCUT2D eigenvalue weighted by Crippen LogP contribution is -2.21. The zero-order chi connectivity index (χ0) is 19.7. The molecule has 0 spiro atoms. The van der Waals surface area contributed by atoms with Gasteiger partial charge in [0.2, 0.25) is 5.91 Å². The fourth-order valence-corrected chi connectivity index (χ4v) is 3.33. The Kier molecular flexibility index (Phi) is 6.15. The fraction of sp³-hybridized carbons (Fsp3) is 0.235. The first-order valence-corrected chi connectivity index (χ1v) is 9.83. The van der Waals surface area contributed by atoms with E-state index in [1.54, 1.807) is 27.7 Å². The number of benzene rings is 1. The molecule has 1 N–H and O–H groups in total. The third-order valence-corrected chi connectivity index (χ3v) is 6.05. The molecule has 0 saturated heterocycles. The molecule has 1 aromatic carbocycles. The Morgan fingerprint density at radius 1 is 1.15 bits per heavy atom. The van der Waals surface area contributed by atoms with Gasteiger partial charge < -0.3 is 5.32 Å². The molecular weight excluding hydrogens is 476 g/mol. The highest BCUT2D eigenvalue weighted by Gasteiger charge is 2.15. The van der Waals surface area contributed by atoms with Crippen LogP contribution >= 0.6 is 50.7 Å². The number of anilines is 1. The van der Waals surface area contributed by atoms with E-state index in [1.807, 2.05) is 19.9 Å². The molecule has 0 saturated carbocycles. The third-order valence-electron chi connectivity index (χ3n) is 3.89. The summed E-state index contributed by atoms with van der Waals surface area (Å²) in [6.45, 7) is 4.26. The predicted octanol–water partition coefficient (Wildman–Crippen LogP) is 5.11. The van der Waals surface area contributed by atoms with Gasteiger partial charge in [0.25, 0.3) is 0 Å². The van der Waals surface area contributed by atoms with Crippen molar-refractivity contribution in [2.45, 2.75) is 26.9 Å². The minimum atomic E-state index is -0.269. The van der Waals surface area contributed by atoms with Crippen molar-refractivity contribution in [3.8, 4) is 0 Å². The van der Waals surface area contributed by atoms with E-state index in [1.165, 1.54) is 0 Å². The molecule has 1 amide bonds. The van der Waals surface area contributed by atoms with Gasteiger partial charge in [-0.25, -0.2) is 0 Å². The molecule has 0 radical (unpaired) electrons. The van der Waals surface area contributed by atoms with E-state index in [9.17, 15) is 4.79 Å². The van der Waals surface area contributed by atoms with Crippen LogP contribution in [0.15, 0.2) is 28.9 Å². The van der Waals surface area contributed by atoms with Gasteiger partial charge in [-0.05, 0) is 47.5 Å². The molecule has 0 aliphatic heterocycles. The molecule has 0 bridgehead atoms. The molecule has 2 heterocycles. The molecule has 0 fully saturated rings. The van der Waals surface area contributed by atoms with Crippen LogP contribution in [-0.2, 0) is 17.9 Å². The molecule has 0 aliphatic carbocycles. The first-order valence-electron chi connectivity index (χ1n) is 7.91. The van der Waals surface area contributed by atoms with Gasteiger partial charge in [0, 0.05) is 6.20 Å². The van der Waals surface area contributed by atoms with Crippen molar-refractivity contribution < 1.29 is 4.79 Å². The number of aryl methyl sites for hydroxylation is 1. The van der Waals surface area contributed by atoms with Crippen LogP contribution in [0.3, 0.4) is 0 Å². The van der Waals surface area contributed by atoms with Gasteiger partial charge in [-0.3, -0.25) is 14.2 Å². The molecule has 3 rings (SSSR count). The molecule has 142 valence electrons.